The van der Waals surface area contributed by atoms with Gasteiger partial charge in [-0.05, 0) is 0 Å². The summed E-state index contributed by atoms with van der Waals surface area (Å²) >= 11 is 0. The molecule has 0 rings (SSSR count). The molecule has 0 atom stereocenters. The molecule has 0 saturated heterocycles. The fraction of sp³-hybridized carbons (Fsp3) is 0.857. The standard InChI is InChI=1S/C7H15NO7S/c9-3-7(4-10,5-11)8-16(14,15)2-1-6(12)13/h8-11H,1-5H2,(H,12,13). The number of hydrogen-bond acceptors (Lipinski definition) is 6. The lowest BCUT2D eigenvalue weighted by atomic mass is 10.1. The van der Waals surface area contributed by atoms with Gasteiger partial charge in [0.1, 0.15) is 5.54 Å². The molecule has 96 valence electrons. The van der Waals surface area contributed by atoms with Crippen molar-refractivity contribution in [3.8, 4) is 0 Å². The molecule has 0 bridgehead atoms. The summed E-state index contributed by atoms with van der Waals surface area (Å²) in [6.45, 7) is -2.40. The summed E-state index contributed by atoms with van der Waals surface area (Å²) in [5.41, 5.74) is -1.77. The fourth-order valence-corrected chi connectivity index (χ4v) is 2.25. The van der Waals surface area contributed by atoms with Crippen LogP contribution in [0.25, 0.3) is 0 Å². The van der Waals surface area contributed by atoms with E-state index in [1.165, 1.54) is 0 Å². The number of rotatable bonds is 8. The van der Waals surface area contributed by atoms with Gasteiger partial charge in [0.05, 0.1) is 32.0 Å². The maximum absolute atomic E-state index is 11.3. The molecule has 16 heavy (non-hydrogen) atoms. The van der Waals surface area contributed by atoms with Crippen molar-refractivity contribution in [2.45, 2.75) is 12.0 Å². The van der Waals surface area contributed by atoms with Gasteiger partial charge in [0, 0.05) is 0 Å². The van der Waals surface area contributed by atoms with Gasteiger partial charge in [-0.3, -0.25) is 4.79 Å². The molecule has 0 saturated carbocycles. The SMILES string of the molecule is O=C(O)CCS(=O)(=O)NC(CO)(CO)CO. The number of aliphatic hydroxyl groups excluding tert-OH is 3. The number of carboxylic acid groups (broad SMARTS) is 1. The number of hydrogen-bond donors (Lipinski definition) is 5. The third kappa shape index (κ3) is 4.86. The molecule has 9 heteroatoms. The summed E-state index contributed by atoms with van der Waals surface area (Å²) in [6, 6.07) is 0. The highest BCUT2D eigenvalue weighted by molar-refractivity contribution is 7.89. The van der Waals surface area contributed by atoms with Gasteiger partial charge in [-0.1, -0.05) is 0 Å². The van der Waals surface area contributed by atoms with Gasteiger partial charge in [-0.2, -0.15) is 0 Å². The van der Waals surface area contributed by atoms with Crippen molar-refractivity contribution >= 4 is 16.0 Å². The summed E-state index contributed by atoms with van der Waals surface area (Å²) in [5, 5.41) is 34.9. The molecular weight excluding hydrogens is 242 g/mol. The third-order valence-electron chi connectivity index (χ3n) is 1.86. The number of carboxylic acids is 1. The summed E-state index contributed by atoms with van der Waals surface area (Å²) in [7, 11) is -3.98. The topological polar surface area (TPSA) is 144 Å². The molecule has 0 aliphatic carbocycles. The second-order valence-electron chi connectivity index (χ2n) is 3.32. The number of aliphatic carboxylic acids is 1. The zero-order valence-electron chi connectivity index (χ0n) is 8.46. The summed E-state index contributed by atoms with van der Waals surface area (Å²) in [5.74, 6) is -1.97. The number of aliphatic hydroxyl groups is 3. The molecule has 0 radical (unpaired) electrons. The first-order chi connectivity index (χ1) is 7.31. The lowest BCUT2D eigenvalue weighted by Gasteiger charge is -2.28. The van der Waals surface area contributed by atoms with Crippen molar-refractivity contribution < 1.29 is 33.6 Å². The zero-order valence-corrected chi connectivity index (χ0v) is 9.27. The number of nitrogens with one attached hydrogen (secondary N) is 1. The first kappa shape index (κ1) is 15.3. The number of carbonyl (C=O) groups is 1. The van der Waals surface area contributed by atoms with E-state index < -0.39 is 53.5 Å². The average molecular weight is 257 g/mol. The van der Waals surface area contributed by atoms with E-state index in [2.05, 4.69) is 0 Å². The normalized spacial score (nSPS) is 12.7. The van der Waals surface area contributed by atoms with Crippen LogP contribution in [0.15, 0.2) is 0 Å². The molecule has 0 fully saturated rings. The van der Waals surface area contributed by atoms with Gasteiger partial charge in [0.2, 0.25) is 10.0 Å². The predicted molar refractivity (Wildman–Crippen MR) is 53.2 cm³/mol. The van der Waals surface area contributed by atoms with E-state index in [0.29, 0.717) is 0 Å². The Morgan fingerprint density at radius 3 is 1.88 bits per heavy atom. The molecule has 0 aromatic rings. The van der Waals surface area contributed by atoms with Crippen LogP contribution in [0.4, 0.5) is 0 Å². The van der Waals surface area contributed by atoms with Crippen LogP contribution >= 0.6 is 0 Å². The molecule has 0 aliphatic rings. The Labute approximate surface area is 92.6 Å². The second-order valence-corrected chi connectivity index (χ2v) is 5.16. The molecule has 0 heterocycles. The van der Waals surface area contributed by atoms with Crippen LogP contribution in [0.1, 0.15) is 6.42 Å². The van der Waals surface area contributed by atoms with Crippen molar-refractivity contribution in [2.24, 2.45) is 0 Å². The van der Waals surface area contributed by atoms with E-state index in [-0.39, 0.29) is 0 Å². The summed E-state index contributed by atoms with van der Waals surface area (Å²) in [4.78, 5) is 10.2. The van der Waals surface area contributed by atoms with E-state index in [0.717, 1.165) is 0 Å². The zero-order chi connectivity index (χ0) is 12.8. The Kier molecular flexibility index (Phi) is 5.83. The van der Waals surface area contributed by atoms with E-state index in [9.17, 15) is 13.2 Å². The highest BCUT2D eigenvalue weighted by atomic mass is 32.2. The minimum Gasteiger partial charge on any atom is -0.481 e. The quantitative estimate of drug-likeness (QED) is 0.313. The highest BCUT2D eigenvalue weighted by Crippen LogP contribution is 2.05. The first-order valence-electron chi connectivity index (χ1n) is 4.37. The van der Waals surface area contributed by atoms with Gasteiger partial charge in [0.15, 0.2) is 0 Å². The fourth-order valence-electron chi connectivity index (χ4n) is 0.849. The monoisotopic (exact) mass is 257 g/mol. The van der Waals surface area contributed by atoms with E-state index in [1.54, 1.807) is 0 Å². The predicted octanol–water partition coefficient (Wildman–Crippen LogP) is -2.90. The second kappa shape index (κ2) is 6.11. The third-order valence-corrected chi connectivity index (χ3v) is 3.35. The van der Waals surface area contributed by atoms with Crippen molar-refractivity contribution in [2.75, 3.05) is 25.6 Å². The van der Waals surface area contributed by atoms with Gasteiger partial charge in [-0.25, -0.2) is 13.1 Å². The Morgan fingerprint density at radius 1 is 1.12 bits per heavy atom. The Balaban J connectivity index is 4.60. The molecule has 5 N–H and O–H groups in total. The van der Waals surface area contributed by atoms with Crippen LogP contribution in [-0.4, -0.2) is 65.9 Å². The van der Waals surface area contributed by atoms with E-state index in [1.807, 2.05) is 4.72 Å². The Hall–Kier alpha value is -0.740. The van der Waals surface area contributed by atoms with Gasteiger partial charge < -0.3 is 20.4 Å². The number of sulfonamides is 1. The summed E-state index contributed by atoms with van der Waals surface area (Å²) < 4.78 is 24.5. The van der Waals surface area contributed by atoms with Crippen LogP contribution < -0.4 is 4.72 Å². The van der Waals surface area contributed by atoms with Crippen molar-refractivity contribution in [3.63, 3.8) is 0 Å². The van der Waals surface area contributed by atoms with E-state index >= 15 is 0 Å². The highest BCUT2D eigenvalue weighted by Gasteiger charge is 2.33. The molecule has 8 nitrogen and oxygen atoms in total. The molecule has 0 aromatic carbocycles. The average Bonchev–Trinajstić information content (AvgIpc) is 2.24. The van der Waals surface area contributed by atoms with Gasteiger partial charge in [-0.15, -0.1) is 0 Å². The molecular formula is C7H15NO7S. The molecule has 0 aliphatic heterocycles. The van der Waals surface area contributed by atoms with Crippen LogP contribution in [0.2, 0.25) is 0 Å². The minimum atomic E-state index is -3.98. The van der Waals surface area contributed by atoms with Gasteiger partial charge >= 0.3 is 5.97 Å². The lowest BCUT2D eigenvalue weighted by molar-refractivity contribution is -0.136. The molecule has 0 aromatic heterocycles. The first-order valence-corrected chi connectivity index (χ1v) is 6.02. The van der Waals surface area contributed by atoms with Crippen molar-refractivity contribution in [1.29, 1.82) is 0 Å². The Morgan fingerprint density at radius 2 is 1.56 bits per heavy atom. The molecule has 0 amide bonds. The van der Waals surface area contributed by atoms with Crippen LogP contribution in [-0.2, 0) is 14.8 Å². The van der Waals surface area contributed by atoms with Crippen molar-refractivity contribution in [1.82, 2.24) is 4.72 Å². The van der Waals surface area contributed by atoms with E-state index in [4.69, 9.17) is 20.4 Å². The van der Waals surface area contributed by atoms with Crippen LogP contribution in [0.5, 0.6) is 0 Å². The smallest absolute Gasteiger partial charge is 0.304 e. The largest absolute Gasteiger partial charge is 0.481 e. The van der Waals surface area contributed by atoms with Crippen LogP contribution in [0.3, 0.4) is 0 Å². The minimum absolute atomic E-state index is 0.603. The Bertz CT molecular complexity index is 313. The molecule has 0 spiro atoms. The maximum atomic E-state index is 11.3. The van der Waals surface area contributed by atoms with Crippen molar-refractivity contribution in [3.05, 3.63) is 0 Å². The van der Waals surface area contributed by atoms with Crippen LogP contribution in [0, 0.1) is 0 Å². The maximum Gasteiger partial charge on any atom is 0.304 e. The molecule has 0 unspecified atom stereocenters. The summed E-state index contributed by atoms with van der Waals surface area (Å²) in [6.07, 6.45) is -0.603. The lowest BCUT2D eigenvalue weighted by Crippen LogP contribution is -2.57. The van der Waals surface area contributed by atoms with Gasteiger partial charge in [0.25, 0.3) is 0 Å².